The van der Waals surface area contributed by atoms with Gasteiger partial charge in [-0.2, -0.15) is 0 Å². The van der Waals surface area contributed by atoms with Crippen LogP contribution in [0, 0.1) is 5.92 Å². The molecule has 312 valence electrons. The molecular weight excluding hydrogens is 797 g/mol. The van der Waals surface area contributed by atoms with E-state index in [-0.39, 0.29) is 11.3 Å². The van der Waals surface area contributed by atoms with E-state index in [0.29, 0.717) is 0 Å². The highest BCUT2D eigenvalue weighted by molar-refractivity contribution is 6.12. The Morgan fingerprint density at radius 3 is 1.79 bits per heavy atom. The first-order chi connectivity index (χ1) is 32.6. The normalized spacial score (nSPS) is 17.2. The van der Waals surface area contributed by atoms with Crippen molar-refractivity contribution in [1.82, 2.24) is 4.57 Å². The van der Waals surface area contributed by atoms with E-state index in [1.807, 2.05) is 0 Å². The number of rotatable bonds is 7. The van der Waals surface area contributed by atoms with Gasteiger partial charge < -0.3 is 9.88 Å². The standard InChI is InChI=1S/C64H46N2/c1-63-40-18-30-52(62(63)64(47-23-4-2-5-24-47,48-25-6-3-7-26-48)56-32-14-13-31-55(56)63)53-41-45(36-38-58(53)65-57-33-16-21-43-19-8-10-27-49(43)57)46-37-39-61-54(42-46)51-29-12-15-34-60(51)66(61)59-35-17-22-44-20-9-11-28-50(44)59/h2-42,62,65H,1H3. The third-order valence-corrected chi connectivity index (χ3v) is 14.9. The van der Waals surface area contributed by atoms with E-state index in [1.165, 1.54) is 93.6 Å². The van der Waals surface area contributed by atoms with E-state index in [1.54, 1.807) is 0 Å². The quantitative estimate of drug-likeness (QED) is 0.169. The molecule has 2 heteroatoms. The number of aromatic nitrogens is 1. The average Bonchev–Trinajstić information content (AvgIpc) is 3.84. The van der Waals surface area contributed by atoms with Crippen LogP contribution in [0.15, 0.2) is 249 Å². The number of hydrogen-bond acceptors (Lipinski definition) is 1. The third kappa shape index (κ3) is 5.61. The minimum atomic E-state index is -0.487. The van der Waals surface area contributed by atoms with E-state index in [0.717, 1.165) is 11.4 Å². The summed E-state index contributed by atoms with van der Waals surface area (Å²) in [6, 6.07) is 85.3. The molecule has 66 heavy (non-hydrogen) atoms. The summed E-state index contributed by atoms with van der Waals surface area (Å²) < 4.78 is 2.45. The van der Waals surface area contributed by atoms with Crippen molar-refractivity contribution < 1.29 is 0 Å². The van der Waals surface area contributed by atoms with E-state index in [4.69, 9.17) is 0 Å². The molecule has 2 atom stereocenters. The SMILES string of the molecule is CC12C=CC=C(c3cc(-c4ccc5c(c4)c4ccccc4n5-c4cccc5ccccc45)ccc3Nc3cccc4ccccc34)C1C(c1ccccc1)(c1ccccc1)c1ccccc12. The molecule has 0 saturated carbocycles. The van der Waals surface area contributed by atoms with Crippen LogP contribution >= 0.6 is 0 Å². The Morgan fingerprint density at radius 1 is 0.439 bits per heavy atom. The molecule has 13 rings (SSSR count). The van der Waals surface area contributed by atoms with E-state index in [9.17, 15) is 0 Å². The van der Waals surface area contributed by atoms with Crippen molar-refractivity contribution in [2.24, 2.45) is 5.92 Å². The first-order valence-electron chi connectivity index (χ1n) is 23.1. The second-order valence-electron chi connectivity index (χ2n) is 18.3. The number of nitrogens with zero attached hydrogens (tertiary/aromatic N) is 1. The predicted octanol–water partition coefficient (Wildman–Crippen LogP) is 16.4. The molecule has 1 N–H and O–H groups in total. The van der Waals surface area contributed by atoms with Crippen molar-refractivity contribution in [3.05, 3.63) is 277 Å². The molecule has 2 nitrogen and oxygen atoms in total. The fourth-order valence-corrected chi connectivity index (χ4v) is 12.1. The highest BCUT2D eigenvalue weighted by Crippen LogP contribution is 2.66. The van der Waals surface area contributed by atoms with Gasteiger partial charge in [0, 0.05) is 49.8 Å². The maximum Gasteiger partial charge on any atom is 0.0541 e. The zero-order chi connectivity index (χ0) is 43.8. The second-order valence-corrected chi connectivity index (χ2v) is 18.3. The molecule has 0 bridgehead atoms. The van der Waals surface area contributed by atoms with Gasteiger partial charge in [0.15, 0.2) is 0 Å². The maximum absolute atomic E-state index is 4.03. The van der Waals surface area contributed by atoms with Gasteiger partial charge >= 0.3 is 0 Å². The fourth-order valence-electron chi connectivity index (χ4n) is 12.1. The van der Waals surface area contributed by atoms with Gasteiger partial charge in [0.05, 0.1) is 22.1 Å². The van der Waals surface area contributed by atoms with Crippen LogP contribution < -0.4 is 5.32 Å². The van der Waals surface area contributed by atoms with Gasteiger partial charge in [-0.3, -0.25) is 0 Å². The molecule has 2 aliphatic carbocycles. The van der Waals surface area contributed by atoms with Crippen LogP contribution in [-0.2, 0) is 10.8 Å². The molecule has 11 aromatic rings. The van der Waals surface area contributed by atoms with Crippen LogP contribution in [0.2, 0.25) is 0 Å². The summed E-state index contributed by atoms with van der Waals surface area (Å²) in [5, 5.41) is 11.4. The molecule has 0 saturated heterocycles. The molecule has 0 fully saturated rings. The minimum Gasteiger partial charge on any atom is -0.355 e. The lowest BCUT2D eigenvalue weighted by Gasteiger charge is -2.45. The number of hydrogen-bond donors (Lipinski definition) is 1. The highest BCUT2D eigenvalue weighted by atomic mass is 15.0. The summed E-state index contributed by atoms with van der Waals surface area (Å²) in [6.07, 6.45) is 7.19. The Balaban J connectivity index is 1.05. The first-order valence-corrected chi connectivity index (χ1v) is 23.1. The molecule has 1 aromatic heterocycles. The zero-order valence-electron chi connectivity index (χ0n) is 36.7. The predicted molar refractivity (Wildman–Crippen MR) is 278 cm³/mol. The Hall–Kier alpha value is -8.20. The average molecular weight is 843 g/mol. The second kappa shape index (κ2) is 14.9. The maximum atomic E-state index is 4.03. The van der Waals surface area contributed by atoms with Gasteiger partial charge in [-0.15, -0.1) is 0 Å². The van der Waals surface area contributed by atoms with Crippen LogP contribution in [0.5, 0.6) is 0 Å². The number of anilines is 2. The van der Waals surface area contributed by atoms with E-state index >= 15 is 0 Å². The zero-order valence-corrected chi connectivity index (χ0v) is 36.7. The lowest BCUT2D eigenvalue weighted by atomic mass is 9.56. The van der Waals surface area contributed by atoms with Crippen molar-refractivity contribution in [3.8, 4) is 16.8 Å². The Bertz CT molecular complexity index is 3710. The van der Waals surface area contributed by atoms with Crippen LogP contribution in [0.3, 0.4) is 0 Å². The molecule has 2 aliphatic rings. The van der Waals surface area contributed by atoms with E-state index in [2.05, 4.69) is 266 Å². The highest BCUT2D eigenvalue weighted by Gasteiger charge is 2.60. The minimum absolute atomic E-state index is 0.0154. The Labute approximate surface area is 385 Å². The molecule has 0 aliphatic heterocycles. The first kappa shape index (κ1) is 38.3. The number of allylic oxidation sites excluding steroid dienone is 4. The van der Waals surface area contributed by atoms with Crippen molar-refractivity contribution >= 4 is 60.3 Å². The molecule has 0 spiro atoms. The number of fused-ring (bicyclic) bond motifs is 8. The van der Waals surface area contributed by atoms with Gasteiger partial charge in [-0.1, -0.05) is 213 Å². The molecule has 0 amide bonds. The number of para-hydroxylation sites is 1. The fraction of sp³-hybridized carbons (Fsp3) is 0.0625. The Kier molecular flexibility index (Phi) is 8.66. The molecule has 0 radical (unpaired) electrons. The summed E-state index contributed by atoms with van der Waals surface area (Å²) >= 11 is 0. The summed E-state index contributed by atoms with van der Waals surface area (Å²) in [5.74, 6) is 0.0154. The third-order valence-electron chi connectivity index (χ3n) is 14.9. The smallest absolute Gasteiger partial charge is 0.0541 e. The summed E-state index contributed by atoms with van der Waals surface area (Å²) in [4.78, 5) is 0. The van der Waals surface area contributed by atoms with Crippen LogP contribution in [0.4, 0.5) is 11.4 Å². The molecule has 10 aromatic carbocycles. The van der Waals surface area contributed by atoms with Crippen molar-refractivity contribution in [3.63, 3.8) is 0 Å². The van der Waals surface area contributed by atoms with Gasteiger partial charge in [0.1, 0.15) is 0 Å². The van der Waals surface area contributed by atoms with Gasteiger partial charge in [-0.05, 0) is 92.2 Å². The van der Waals surface area contributed by atoms with Crippen molar-refractivity contribution in [1.29, 1.82) is 0 Å². The van der Waals surface area contributed by atoms with Crippen LogP contribution in [0.1, 0.15) is 34.7 Å². The monoisotopic (exact) mass is 842 g/mol. The van der Waals surface area contributed by atoms with E-state index < -0.39 is 5.41 Å². The lowest BCUT2D eigenvalue weighted by Crippen LogP contribution is -2.42. The lowest BCUT2D eigenvalue weighted by molar-refractivity contribution is 0.380. The number of nitrogens with one attached hydrogen (secondary N) is 1. The summed E-state index contributed by atoms with van der Waals surface area (Å²) in [7, 11) is 0. The number of benzene rings is 10. The molecule has 1 heterocycles. The molecular formula is C64H46N2. The van der Waals surface area contributed by atoms with Gasteiger partial charge in [0.2, 0.25) is 0 Å². The van der Waals surface area contributed by atoms with Gasteiger partial charge in [0.25, 0.3) is 0 Å². The Morgan fingerprint density at radius 2 is 1.02 bits per heavy atom. The van der Waals surface area contributed by atoms with Gasteiger partial charge in [-0.25, -0.2) is 0 Å². The van der Waals surface area contributed by atoms with Crippen LogP contribution in [0.25, 0.3) is 65.7 Å². The van der Waals surface area contributed by atoms with Crippen LogP contribution in [-0.4, -0.2) is 4.57 Å². The summed E-state index contributed by atoms with van der Waals surface area (Å²) in [5.41, 5.74) is 15.1. The topological polar surface area (TPSA) is 17.0 Å². The summed E-state index contributed by atoms with van der Waals surface area (Å²) in [6.45, 7) is 2.47. The molecule has 2 unspecified atom stereocenters. The largest absolute Gasteiger partial charge is 0.355 e. The van der Waals surface area contributed by atoms with Crippen molar-refractivity contribution in [2.75, 3.05) is 5.32 Å². The van der Waals surface area contributed by atoms with Crippen molar-refractivity contribution in [2.45, 2.75) is 17.8 Å².